The smallest absolute Gasteiger partial charge is 0.344 e. The summed E-state index contributed by atoms with van der Waals surface area (Å²) in [4.78, 5) is 29.9. The number of hydrogen-bond acceptors (Lipinski definition) is 6. The van der Waals surface area contributed by atoms with Gasteiger partial charge in [-0.15, -0.1) is 0 Å². The Morgan fingerprint density at radius 3 is 2.42 bits per heavy atom. The number of carboxylic acids is 1. The number of ether oxygens (including phenoxy) is 2. The molecule has 4 rings (SSSR count). The second-order valence-corrected chi connectivity index (χ2v) is 11.8. The number of para-hydroxylation sites is 1. The van der Waals surface area contributed by atoms with E-state index in [1.807, 2.05) is 50.2 Å². The molecule has 0 aliphatic heterocycles. The molecule has 3 aromatic carbocycles. The molecular formula is C30H29I2N3O5. The summed E-state index contributed by atoms with van der Waals surface area (Å²) in [5.74, 6) is 0.893. The summed E-state index contributed by atoms with van der Waals surface area (Å²) in [5, 5.41) is 14.3. The molecule has 208 valence electrons. The standard InChI is InChI=1S/C30H29I2N3O5/c1-6-39-26-11-17(4)22(14-21(26)16(2)3)28-34-25-10-8-7-9-20(25)29(36)35(28)33-15-19-12-23(31)27(24(32)13-19)40-18(5)30(37)38/h7-16,18H,6H2,1-5H3,(H,37,38)/t18-/m0/s1. The molecule has 10 heteroatoms. The fourth-order valence-electron chi connectivity index (χ4n) is 4.19. The molecular weight excluding hydrogens is 736 g/mol. The van der Waals surface area contributed by atoms with Gasteiger partial charge in [0.2, 0.25) is 0 Å². The molecule has 0 bridgehead atoms. The van der Waals surface area contributed by atoms with Crippen molar-refractivity contribution in [2.75, 3.05) is 6.61 Å². The first-order chi connectivity index (χ1) is 19.0. The molecule has 1 aromatic heterocycles. The van der Waals surface area contributed by atoms with E-state index in [2.05, 4.69) is 64.1 Å². The normalized spacial score (nSPS) is 12.3. The van der Waals surface area contributed by atoms with Crippen molar-refractivity contribution in [3.63, 3.8) is 0 Å². The maximum absolute atomic E-state index is 13.7. The van der Waals surface area contributed by atoms with Crippen LogP contribution in [0.15, 0.2) is 58.4 Å². The van der Waals surface area contributed by atoms with Crippen molar-refractivity contribution in [1.82, 2.24) is 9.66 Å². The monoisotopic (exact) mass is 765 g/mol. The number of carboxylic acid groups (broad SMARTS) is 1. The van der Waals surface area contributed by atoms with Crippen LogP contribution in [0.1, 0.15) is 50.3 Å². The number of aromatic nitrogens is 2. The SMILES string of the molecule is CCOc1cc(C)c(-c2nc3ccccc3c(=O)n2N=Cc2cc(I)c(O[C@@H](C)C(=O)O)c(I)c2)cc1C(C)C. The Balaban J connectivity index is 1.88. The summed E-state index contributed by atoms with van der Waals surface area (Å²) in [7, 11) is 0. The molecule has 1 N–H and O–H groups in total. The number of aliphatic carboxylic acids is 1. The lowest BCUT2D eigenvalue weighted by Gasteiger charge is -2.18. The maximum atomic E-state index is 13.7. The van der Waals surface area contributed by atoms with Gasteiger partial charge in [-0.3, -0.25) is 4.79 Å². The highest BCUT2D eigenvalue weighted by Gasteiger charge is 2.20. The highest BCUT2D eigenvalue weighted by atomic mass is 127. The van der Waals surface area contributed by atoms with E-state index < -0.39 is 12.1 Å². The number of hydrogen-bond donors (Lipinski definition) is 1. The molecule has 0 unspecified atom stereocenters. The molecule has 0 aliphatic rings. The van der Waals surface area contributed by atoms with E-state index in [1.165, 1.54) is 11.6 Å². The Morgan fingerprint density at radius 2 is 1.80 bits per heavy atom. The molecule has 0 radical (unpaired) electrons. The van der Waals surface area contributed by atoms with Crippen molar-refractivity contribution >= 4 is 68.3 Å². The van der Waals surface area contributed by atoms with Crippen molar-refractivity contribution in [2.45, 2.75) is 46.6 Å². The van der Waals surface area contributed by atoms with Gasteiger partial charge in [-0.1, -0.05) is 26.0 Å². The van der Waals surface area contributed by atoms with Crippen molar-refractivity contribution in [1.29, 1.82) is 0 Å². The summed E-state index contributed by atoms with van der Waals surface area (Å²) in [6.07, 6.45) is 0.614. The van der Waals surface area contributed by atoms with E-state index in [0.717, 1.165) is 35.1 Å². The summed E-state index contributed by atoms with van der Waals surface area (Å²) in [6, 6.07) is 14.9. The van der Waals surface area contributed by atoms with Crippen LogP contribution in [0.2, 0.25) is 0 Å². The zero-order valence-electron chi connectivity index (χ0n) is 22.7. The highest BCUT2D eigenvalue weighted by Crippen LogP contribution is 2.34. The van der Waals surface area contributed by atoms with E-state index in [4.69, 9.17) is 14.5 Å². The number of rotatable bonds is 9. The number of halogens is 2. The van der Waals surface area contributed by atoms with Gasteiger partial charge in [-0.2, -0.15) is 9.78 Å². The molecule has 0 spiro atoms. The Hall–Kier alpha value is -3.00. The van der Waals surface area contributed by atoms with Gasteiger partial charge in [0, 0.05) is 5.56 Å². The lowest BCUT2D eigenvalue weighted by atomic mass is 9.96. The first-order valence-electron chi connectivity index (χ1n) is 12.7. The van der Waals surface area contributed by atoms with Gasteiger partial charge in [0.25, 0.3) is 5.56 Å². The van der Waals surface area contributed by atoms with Gasteiger partial charge >= 0.3 is 5.97 Å². The van der Waals surface area contributed by atoms with E-state index in [9.17, 15) is 14.7 Å². The topological polar surface area (TPSA) is 103 Å². The Kier molecular flexibility index (Phi) is 9.49. The quantitative estimate of drug-likeness (QED) is 0.148. The van der Waals surface area contributed by atoms with Gasteiger partial charge in [-0.25, -0.2) is 9.78 Å². The van der Waals surface area contributed by atoms with Gasteiger partial charge in [-0.05, 0) is 125 Å². The average Bonchev–Trinajstić information content (AvgIpc) is 2.90. The Morgan fingerprint density at radius 1 is 1.12 bits per heavy atom. The average molecular weight is 765 g/mol. The number of fused-ring (bicyclic) bond motifs is 1. The zero-order chi connectivity index (χ0) is 29.1. The van der Waals surface area contributed by atoms with Crippen LogP contribution in [0.4, 0.5) is 0 Å². The van der Waals surface area contributed by atoms with E-state index in [-0.39, 0.29) is 11.5 Å². The van der Waals surface area contributed by atoms with Crippen LogP contribution in [0.5, 0.6) is 11.5 Å². The third-order valence-electron chi connectivity index (χ3n) is 6.26. The molecule has 8 nitrogen and oxygen atoms in total. The summed E-state index contributed by atoms with van der Waals surface area (Å²) >= 11 is 4.21. The fourth-order valence-corrected chi connectivity index (χ4v) is 6.26. The predicted molar refractivity (Wildman–Crippen MR) is 174 cm³/mol. The lowest BCUT2D eigenvalue weighted by Crippen LogP contribution is -2.23. The van der Waals surface area contributed by atoms with Crippen LogP contribution >= 0.6 is 45.2 Å². The van der Waals surface area contributed by atoms with Crippen LogP contribution in [0, 0.1) is 14.1 Å². The number of nitrogens with zero attached hydrogens (tertiary/aromatic N) is 3. The molecule has 4 aromatic rings. The maximum Gasteiger partial charge on any atom is 0.344 e. The van der Waals surface area contributed by atoms with Crippen LogP contribution in [-0.4, -0.2) is 39.7 Å². The number of aryl methyl sites for hydroxylation is 1. The van der Waals surface area contributed by atoms with Crippen molar-refractivity contribution in [3.8, 4) is 22.9 Å². The van der Waals surface area contributed by atoms with Crippen molar-refractivity contribution < 1.29 is 19.4 Å². The highest BCUT2D eigenvalue weighted by molar-refractivity contribution is 14.1. The second-order valence-electron chi connectivity index (χ2n) is 9.52. The van der Waals surface area contributed by atoms with Crippen LogP contribution in [0.3, 0.4) is 0 Å². The van der Waals surface area contributed by atoms with Crippen molar-refractivity contribution in [2.24, 2.45) is 5.10 Å². The Bertz CT molecular complexity index is 1660. The van der Waals surface area contributed by atoms with E-state index in [0.29, 0.717) is 29.1 Å². The predicted octanol–water partition coefficient (Wildman–Crippen LogP) is 6.84. The number of benzene rings is 3. The largest absolute Gasteiger partial charge is 0.494 e. The molecule has 0 aliphatic carbocycles. The first kappa shape index (κ1) is 30.0. The summed E-state index contributed by atoms with van der Waals surface area (Å²) in [6.45, 7) is 10.2. The lowest BCUT2D eigenvalue weighted by molar-refractivity contribution is -0.144. The fraction of sp³-hybridized carbons (Fsp3) is 0.267. The van der Waals surface area contributed by atoms with Gasteiger partial charge < -0.3 is 14.6 Å². The van der Waals surface area contributed by atoms with Crippen LogP contribution in [0.25, 0.3) is 22.3 Å². The van der Waals surface area contributed by atoms with Gasteiger partial charge in [0.15, 0.2) is 11.9 Å². The van der Waals surface area contributed by atoms with E-state index >= 15 is 0 Å². The van der Waals surface area contributed by atoms with Gasteiger partial charge in [0.05, 0.1) is 30.9 Å². The van der Waals surface area contributed by atoms with E-state index in [1.54, 1.807) is 18.3 Å². The molecule has 0 saturated carbocycles. The molecule has 1 heterocycles. The minimum absolute atomic E-state index is 0.193. The molecule has 1 atom stereocenters. The van der Waals surface area contributed by atoms with Crippen LogP contribution < -0.4 is 15.0 Å². The second kappa shape index (κ2) is 12.7. The number of carbonyl (C=O) groups is 1. The molecule has 40 heavy (non-hydrogen) atoms. The van der Waals surface area contributed by atoms with Crippen molar-refractivity contribution in [3.05, 3.63) is 82.7 Å². The van der Waals surface area contributed by atoms with Gasteiger partial charge in [0.1, 0.15) is 11.5 Å². The third-order valence-corrected chi connectivity index (χ3v) is 7.86. The molecule has 0 fully saturated rings. The zero-order valence-corrected chi connectivity index (χ0v) is 27.1. The minimum atomic E-state index is -1.04. The van der Waals surface area contributed by atoms with Crippen LogP contribution in [-0.2, 0) is 4.79 Å². The minimum Gasteiger partial charge on any atom is -0.494 e. The summed E-state index contributed by atoms with van der Waals surface area (Å²) < 4.78 is 14.3. The summed E-state index contributed by atoms with van der Waals surface area (Å²) in [5.41, 5.74) is 3.76. The first-order valence-corrected chi connectivity index (χ1v) is 14.9. The molecule has 0 saturated heterocycles. The molecule has 0 amide bonds. The third kappa shape index (κ3) is 6.32. The Labute approximate surface area is 259 Å².